The molecule has 0 spiro atoms. The molecule has 3 nitrogen and oxygen atoms in total. The summed E-state index contributed by atoms with van der Waals surface area (Å²) in [6.07, 6.45) is 20.1. The highest BCUT2D eigenvalue weighted by Crippen LogP contribution is 2.13. The van der Waals surface area contributed by atoms with Gasteiger partial charge in [0.15, 0.2) is 0 Å². The molecule has 23 heavy (non-hydrogen) atoms. The van der Waals surface area contributed by atoms with Crippen LogP contribution in [0.3, 0.4) is 0 Å². The number of nitrogens with zero attached hydrogens (tertiary/aromatic N) is 1. The normalized spacial score (nSPS) is 11.5. The van der Waals surface area contributed by atoms with Gasteiger partial charge in [0, 0.05) is 6.42 Å². The van der Waals surface area contributed by atoms with Crippen molar-refractivity contribution >= 4 is 0 Å². The minimum absolute atomic E-state index is 0. The van der Waals surface area contributed by atoms with Crippen LogP contribution in [0, 0.1) is 0 Å². The maximum Gasteiger partial charge on any atom is 0.142 e. The Hall–Kier alpha value is 0.170. The summed E-state index contributed by atoms with van der Waals surface area (Å²) in [7, 11) is 0. The van der Waals surface area contributed by atoms with Crippen molar-refractivity contribution in [3.63, 3.8) is 0 Å². The summed E-state index contributed by atoms with van der Waals surface area (Å²) in [5, 5.41) is 18.8. The molecule has 0 bridgehead atoms. The Balaban J connectivity index is 0. The van der Waals surface area contributed by atoms with Crippen molar-refractivity contribution in [1.29, 1.82) is 0 Å². The summed E-state index contributed by atoms with van der Waals surface area (Å²) < 4.78 is 0. The molecule has 0 rings (SSSR count). The molecule has 0 heterocycles. The second-order valence-electron chi connectivity index (χ2n) is 6.87. The van der Waals surface area contributed by atoms with Gasteiger partial charge in [-0.05, 0) is 18.2 Å². The highest BCUT2D eigenvalue weighted by Gasteiger charge is 2.17. The van der Waals surface area contributed by atoms with Gasteiger partial charge in [-0.25, -0.2) is 0 Å². The van der Waals surface area contributed by atoms with Crippen molar-refractivity contribution < 1.29 is 27.6 Å². The fraction of sp³-hybridized carbons (Fsp3) is 1.00. The number of hydroxylamine groups is 4. The van der Waals surface area contributed by atoms with E-state index in [-0.39, 0.29) is 12.4 Å². The maximum absolute atomic E-state index is 9.42. The van der Waals surface area contributed by atoms with Gasteiger partial charge in [-0.2, -0.15) is 10.4 Å². The first kappa shape index (κ1) is 25.4. The highest BCUT2D eigenvalue weighted by atomic mass is 35.5. The molecule has 0 aliphatic rings. The van der Waals surface area contributed by atoms with Crippen LogP contribution < -0.4 is 12.4 Å². The maximum atomic E-state index is 9.42. The molecule has 0 saturated carbocycles. The monoisotopic (exact) mass is 351 g/mol. The predicted molar refractivity (Wildman–Crippen MR) is 94.2 cm³/mol. The van der Waals surface area contributed by atoms with Gasteiger partial charge in [0.05, 0.1) is 0 Å². The number of halogens is 1. The third-order valence-corrected chi connectivity index (χ3v) is 4.63. The predicted octanol–water partition coefficient (Wildman–Crippen LogP) is 3.48. The average molecular weight is 352 g/mol. The van der Waals surface area contributed by atoms with Crippen LogP contribution in [0.4, 0.5) is 0 Å². The van der Waals surface area contributed by atoms with E-state index in [2.05, 4.69) is 6.92 Å². The average Bonchev–Trinajstić information content (AvgIpc) is 2.51. The number of rotatable bonds is 17. The summed E-state index contributed by atoms with van der Waals surface area (Å²) in [4.78, 5) is -0.807. The van der Waals surface area contributed by atoms with Gasteiger partial charge in [0.25, 0.3) is 0 Å². The molecule has 142 valence electrons. The molecule has 0 aliphatic heterocycles. The summed E-state index contributed by atoms with van der Waals surface area (Å²) >= 11 is 0. The Kier molecular flexibility index (Phi) is 20.4. The number of hydrogen-bond donors (Lipinski definition) is 2. The highest BCUT2D eigenvalue weighted by molar-refractivity contribution is 4.49. The van der Waals surface area contributed by atoms with Crippen LogP contribution in [0.2, 0.25) is 0 Å². The molecule has 0 atom stereocenters. The molecule has 0 amide bonds. The van der Waals surface area contributed by atoms with Crippen LogP contribution in [-0.2, 0) is 0 Å². The first-order valence-corrected chi connectivity index (χ1v) is 9.95. The van der Waals surface area contributed by atoms with E-state index in [9.17, 15) is 10.4 Å². The smallest absolute Gasteiger partial charge is 0.142 e. The third-order valence-electron chi connectivity index (χ3n) is 4.63. The Labute approximate surface area is 151 Å². The van der Waals surface area contributed by atoms with E-state index in [4.69, 9.17) is 0 Å². The lowest BCUT2D eigenvalue weighted by atomic mass is 10.0. The van der Waals surface area contributed by atoms with Gasteiger partial charge < -0.3 is 12.4 Å². The molecule has 0 fully saturated rings. The van der Waals surface area contributed by atoms with Crippen molar-refractivity contribution in [3.8, 4) is 0 Å². The Bertz CT molecular complexity index is 225. The largest absolute Gasteiger partial charge is 1.00 e. The van der Waals surface area contributed by atoms with Crippen LogP contribution in [0.1, 0.15) is 110 Å². The standard InChI is InChI=1S/C19H42NO2.ClH/c1-3-5-6-7-8-9-10-11-12-13-14-15-16-17-18-19-20(21,22)4-2;/h21-22H,3-19H2,1-2H3;1H/q+1;/p-1. The van der Waals surface area contributed by atoms with E-state index in [1.807, 2.05) is 0 Å². The van der Waals surface area contributed by atoms with Crippen molar-refractivity contribution in [2.75, 3.05) is 13.1 Å². The van der Waals surface area contributed by atoms with Crippen LogP contribution in [0.5, 0.6) is 0 Å². The van der Waals surface area contributed by atoms with E-state index in [1.54, 1.807) is 6.92 Å². The Morgan fingerprint density at radius 1 is 0.522 bits per heavy atom. The molecular weight excluding hydrogens is 310 g/mol. The molecule has 0 saturated heterocycles. The fourth-order valence-corrected chi connectivity index (χ4v) is 2.89. The molecule has 0 radical (unpaired) electrons. The molecule has 0 aromatic heterocycles. The first-order chi connectivity index (χ1) is 10.6. The van der Waals surface area contributed by atoms with Crippen LogP contribution in [0.25, 0.3) is 0 Å². The van der Waals surface area contributed by atoms with Gasteiger partial charge >= 0.3 is 0 Å². The minimum Gasteiger partial charge on any atom is -1.00 e. The van der Waals surface area contributed by atoms with Gasteiger partial charge in [-0.15, -0.1) is 0 Å². The lowest BCUT2D eigenvalue weighted by Gasteiger charge is -2.18. The van der Waals surface area contributed by atoms with Crippen LogP contribution in [0.15, 0.2) is 0 Å². The Morgan fingerprint density at radius 2 is 0.826 bits per heavy atom. The lowest BCUT2D eigenvalue weighted by Crippen LogP contribution is -3.00. The summed E-state index contributed by atoms with van der Waals surface area (Å²) in [5.74, 6) is 0. The third kappa shape index (κ3) is 20.1. The molecule has 0 aromatic rings. The zero-order valence-electron chi connectivity index (χ0n) is 15.7. The summed E-state index contributed by atoms with van der Waals surface area (Å²) in [6.45, 7) is 4.91. The van der Waals surface area contributed by atoms with E-state index < -0.39 is 4.81 Å². The van der Waals surface area contributed by atoms with Crippen molar-refractivity contribution in [2.45, 2.75) is 110 Å². The topological polar surface area (TPSA) is 40.5 Å². The quantitative estimate of drug-likeness (QED) is 0.239. The Morgan fingerprint density at radius 3 is 1.13 bits per heavy atom. The summed E-state index contributed by atoms with van der Waals surface area (Å²) in [5.41, 5.74) is 0. The molecule has 0 unspecified atom stereocenters. The minimum atomic E-state index is -0.807. The zero-order chi connectivity index (χ0) is 16.5. The van der Waals surface area contributed by atoms with E-state index in [0.717, 1.165) is 12.8 Å². The van der Waals surface area contributed by atoms with Crippen molar-refractivity contribution in [1.82, 2.24) is 0 Å². The van der Waals surface area contributed by atoms with Gasteiger partial charge in [0.2, 0.25) is 0 Å². The number of quaternary nitrogens is 1. The van der Waals surface area contributed by atoms with Gasteiger partial charge in [-0.1, -0.05) is 90.4 Å². The van der Waals surface area contributed by atoms with E-state index in [0.29, 0.717) is 13.1 Å². The second kappa shape index (κ2) is 18.5. The second-order valence-corrected chi connectivity index (χ2v) is 6.87. The molecule has 2 N–H and O–H groups in total. The number of hydrogen-bond acceptors (Lipinski definition) is 2. The van der Waals surface area contributed by atoms with E-state index in [1.165, 1.54) is 83.5 Å². The lowest BCUT2D eigenvalue weighted by molar-refractivity contribution is -1.24. The van der Waals surface area contributed by atoms with Gasteiger partial charge in [0.1, 0.15) is 13.1 Å². The molecule has 0 aromatic carbocycles. The van der Waals surface area contributed by atoms with Crippen LogP contribution >= 0.6 is 0 Å². The molecular formula is C19H42ClNO2. The first-order valence-electron chi connectivity index (χ1n) is 9.95. The van der Waals surface area contributed by atoms with Gasteiger partial charge in [-0.3, -0.25) is 0 Å². The summed E-state index contributed by atoms with van der Waals surface area (Å²) in [6, 6.07) is 0. The van der Waals surface area contributed by atoms with Crippen molar-refractivity contribution in [2.24, 2.45) is 0 Å². The SMILES string of the molecule is CCCCCCCCCCCCCCCCC[N+](O)(O)CC.[Cl-]. The number of unbranched alkanes of at least 4 members (excludes halogenated alkanes) is 14. The zero-order valence-corrected chi connectivity index (χ0v) is 16.5. The fourth-order valence-electron chi connectivity index (χ4n) is 2.89. The molecule has 4 heteroatoms. The van der Waals surface area contributed by atoms with E-state index >= 15 is 0 Å². The molecule has 0 aliphatic carbocycles. The van der Waals surface area contributed by atoms with Crippen molar-refractivity contribution in [3.05, 3.63) is 0 Å². The van der Waals surface area contributed by atoms with Crippen LogP contribution in [-0.4, -0.2) is 28.3 Å².